The average molecular weight is 179 g/mol. The third kappa shape index (κ3) is 2.02. The zero-order valence-electron chi connectivity index (χ0n) is 7.66. The summed E-state index contributed by atoms with van der Waals surface area (Å²) in [6.45, 7) is 4.43. The molecular formula is C9H13N3O. The van der Waals surface area contributed by atoms with Crippen molar-refractivity contribution in [1.82, 2.24) is 15.3 Å². The lowest BCUT2D eigenvalue weighted by Gasteiger charge is -2.23. The van der Waals surface area contributed by atoms with E-state index >= 15 is 0 Å². The fourth-order valence-corrected chi connectivity index (χ4v) is 1.35. The first-order valence-corrected chi connectivity index (χ1v) is 4.47. The molecule has 13 heavy (non-hydrogen) atoms. The van der Waals surface area contributed by atoms with Gasteiger partial charge in [0.05, 0.1) is 12.7 Å². The van der Waals surface area contributed by atoms with Crippen molar-refractivity contribution in [2.45, 2.75) is 13.0 Å². The molecule has 2 heterocycles. The molecule has 0 aliphatic carbocycles. The number of nitrogens with zero attached hydrogens (tertiary/aromatic N) is 2. The SMILES string of the molecule is Cc1ncc([C@H]2CNCCO2)cn1. The molecule has 0 bridgehead atoms. The molecule has 1 aliphatic heterocycles. The van der Waals surface area contributed by atoms with Gasteiger partial charge in [-0.05, 0) is 6.92 Å². The summed E-state index contributed by atoms with van der Waals surface area (Å²) >= 11 is 0. The van der Waals surface area contributed by atoms with E-state index in [1.165, 1.54) is 0 Å². The van der Waals surface area contributed by atoms with Crippen LogP contribution < -0.4 is 5.32 Å². The minimum Gasteiger partial charge on any atom is -0.371 e. The summed E-state index contributed by atoms with van der Waals surface area (Å²) in [5.41, 5.74) is 1.05. The van der Waals surface area contributed by atoms with Crippen molar-refractivity contribution in [2.24, 2.45) is 0 Å². The van der Waals surface area contributed by atoms with E-state index in [0.29, 0.717) is 0 Å². The number of nitrogens with one attached hydrogen (secondary N) is 1. The summed E-state index contributed by atoms with van der Waals surface area (Å²) < 4.78 is 5.56. The van der Waals surface area contributed by atoms with Crippen molar-refractivity contribution in [3.8, 4) is 0 Å². The molecule has 1 aliphatic rings. The van der Waals surface area contributed by atoms with Crippen LogP contribution in [0, 0.1) is 6.92 Å². The van der Waals surface area contributed by atoms with Crippen molar-refractivity contribution in [2.75, 3.05) is 19.7 Å². The van der Waals surface area contributed by atoms with Crippen LogP contribution in [0.25, 0.3) is 0 Å². The lowest BCUT2D eigenvalue weighted by molar-refractivity contribution is 0.0272. The molecule has 4 heteroatoms. The van der Waals surface area contributed by atoms with E-state index in [1.54, 1.807) is 0 Å². The van der Waals surface area contributed by atoms with Crippen LogP contribution in [0.15, 0.2) is 12.4 Å². The number of ether oxygens (including phenoxy) is 1. The summed E-state index contributed by atoms with van der Waals surface area (Å²) in [6, 6.07) is 0. The number of hydrogen-bond donors (Lipinski definition) is 1. The van der Waals surface area contributed by atoms with Gasteiger partial charge >= 0.3 is 0 Å². The molecular weight excluding hydrogens is 166 g/mol. The molecule has 0 spiro atoms. The van der Waals surface area contributed by atoms with E-state index in [2.05, 4.69) is 15.3 Å². The molecule has 0 unspecified atom stereocenters. The third-order valence-electron chi connectivity index (χ3n) is 2.10. The highest BCUT2D eigenvalue weighted by Gasteiger charge is 2.15. The highest BCUT2D eigenvalue weighted by atomic mass is 16.5. The van der Waals surface area contributed by atoms with Gasteiger partial charge in [0, 0.05) is 31.0 Å². The molecule has 4 nitrogen and oxygen atoms in total. The second kappa shape index (κ2) is 3.81. The quantitative estimate of drug-likeness (QED) is 0.679. The predicted molar refractivity (Wildman–Crippen MR) is 48.3 cm³/mol. The fraction of sp³-hybridized carbons (Fsp3) is 0.556. The van der Waals surface area contributed by atoms with Gasteiger partial charge in [-0.25, -0.2) is 9.97 Å². The standard InChI is InChI=1S/C9H13N3O/c1-7-11-4-8(5-12-7)9-6-10-2-3-13-9/h4-5,9-10H,2-3,6H2,1H3/t9-/m1/s1. The van der Waals surface area contributed by atoms with E-state index in [4.69, 9.17) is 4.74 Å². The number of rotatable bonds is 1. The number of aromatic nitrogens is 2. The van der Waals surface area contributed by atoms with E-state index in [1.807, 2.05) is 19.3 Å². The molecule has 0 radical (unpaired) electrons. The van der Waals surface area contributed by atoms with Crippen LogP contribution >= 0.6 is 0 Å². The predicted octanol–water partition coefficient (Wildman–Crippen LogP) is 0.446. The van der Waals surface area contributed by atoms with E-state index < -0.39 is 0 Å². The largest absolute Gasteiger partial charge is 0.371 e. The molecule has 0 saturated carbocycles. The molecule has 0 aromatic carbocycles. The Bertz CT molecular complexity index is 267. The van der Waals surface area contributed by atoms with Gasteiger partial charge in [0.2, 0.25) is 0 Å². The van der Waals surface area contributed by atoms with Crippen molar-refractivity contribution in [3.05, 3.63) is 23.8 Å². The summed E-state index contributed by atoms with van der Waals surface area (Å²) in [7, 11) is 0. The molecule has 2 rings (SSSR count). The first kappa shape index (κ1) is 8.59. The summed E-state index contributed by atoms with van der Waals surface area (Å²) in [5.74, 6) is 0.799. The van der Waals surface area contributed by atoms with Crippen LogP contribution in [0.4, 0.5) is 0 Å². The van der Waals surface area contributed by atoms with Crippen LogP contribution in [0.3, 0.4) is 0 Å². The lowest BCUT2D eigenvalue weighted by atomic mass is 10.2. The molecule has 1 aromatic rings. The highest BCUT2D eigenvalue weighted by Crippen LogP contribution is 2.16. The van der Waals surface area contributed by atoms with Gasteiger partial charge < -0.3 is 10.1 Å². The Morgan fingerprint density at radius 2 is 2.23 bits per heavy atom. The maximum atomic E-state index is 5.56. The molecule has 70 valence electrons. The molecule has 1 fully saturated rings. The van der Waals surface area contributed by atoms with Crippen LogP contribution in [0.1, 0.15) is 17.5 Å². The Kier molecular flexibility index (Phi) is 2.52. The normalized spacial score (nSPS) is 23.0. The monoisotopic (exact) mass is 179 g/mol. The third-order valence-corrected chi connectivity index (χ3v) is 2.10. The maximum absolute atomic E-state index is 5.56. The van der Waals surface area contributed by atoms with Crippen molar-refractivity contribution in [3.63, 3.8) is 0 Å². The van der Waals surface area contributed by atoms with Gasteiger partial charge in [-0.3, -0.25) is 0 Å². The Hall–Kier alpha value is -1.00. The first-order valence-electron chi connectivity index (χ1n) is 4.47. The second-order valence-corrected chi connectivity index (χ2v) is 3.13. The van der Waals surface area contributed by atoms with Crippen molar-refractivity contribution >= 4 is 0 Å². The Labute approximate surface area is 77.4 Å². The van der Waals surface area contributed by atoms with Gasteiger partial charge in [0.15, 0.2) is 0 Å². The minimum absolute atomic E-state index is 0.120. The van der Waals surface area contributed by atoms with Crippen LogP contribution in [-0.4, -0.2) is 29.7 Å². The van der Waals surface area contributed by atoms with Gasteiger partial charge in [-0.2, -0.15) is 0 Å². The van der Waals surface area contributed by atoms with Gasteiger partial charge in [0.1, 0.15) is 5.82 Å². The average Bonchev–Trinajstić information content (AvgIpc) is 2.20. The Morgan fingerprint density at radius 1 is 1.46 bits per heavy atom. The van der Waals surface area contributed by atoms with Gasteiger partial charge in [-0.1, -0.05) is 0 Å². The van der Waals surface area contributed by atoms with E-state index in [9.17, 15) is 0 Å². The molecule has 1 atom stereocenters. The zero-order chi connectivity index (χ0) is 9.10. The van der Waals surface area contributed by atoms with Crippen LogP contribution in [0.2, 0.25) is 0 Å². The number of hydrogen-bond acceptors (Lipinski definition) is 4. The lowest BCUT2D eigenvalue weighted by Crippen LogP contribution is -2.33. The summed E-state index contributed by atoms with van der Waals surface area (Å²) in [6.07, 6.45) is 3.79. The summed E-state index contributed by atoms with van der Waals surface area (Å²) in [5, 5.41) is 3.27. The van der Waals surface area contributed by atoms with Crippen LogP contribution in [0.5, 0.6) is 0 Å². The second-order valence-electron chi connectivity index (χ2n) is 3.13. The Morgan fingerprint density at radius 3 is 2.85 bits per heavy atom. The molecule has 0 amide bonds. The zero-order valence-corrected chi connectivity index (χ0v) is 7.66. The van der Waals surface area contributed by atoms with Gasteiger partial charge in [-0.15, -0.1) is 0 Å². The van der Waals surface area contributed by atoms with Crippen molar-refractivity contribution in [1.29, 1.82) is 0 Å². The summed E-state index contributed by atoms with van der Waals surface area (Å²) in [4.78, 5) is 8.27. The molecule has 1 saturated heterocycles. The van der Waals surface area contributed by atoms with E-state index in [0.717, 1.165) is 31.1 Å². The van der Waals surface area contributed by atoms with Crippen LogP contribution in [-0.2, 0) is 4.74 Å². The Balaban J connectivity index is 2.10. The van der Waals surface area contributed by atoms with Gasteiger partial charge in [0.25, 0.3) is 0 Å². The number of aryl methyl sites for hydroxylation is 1. The van der Waals surface area contributed by atoms with E-state index in [-0.39, 0.29) is 6.10 Å². The smallest absolute Gasteiger partial charge is 0.125 e. The number of morpholine rings is 1. The first-order chi connectivity index (χ1) is 6.36. The minimum atomic E-state index is 0.120. The highest BCUT2D eigenvalue weighted by molar-refractivity contribution is 5.09. The maximum Gasteiger partial charge on any atom is 0.125 e. The molecule has 1 N–H and O–H groups in total. The molecule has 1 aromatic heterocycles. The topological polar surface area (TPSA) is 47.0 Å². The fourth-order valence-electron chi connectivity index (χ4n) is 1.35. The van der Waals surface area contributed by atoms with Crippen molar-refractivity contribution < 1.29 is 4.74 Å².